The molecule has 1 aliphatic rings. The molecule has 31 heavy (non-hydrogen) atoms. The first-order valence-corrected chi connectivity index (χ1v) is 11.2. The van der Waals surface area contributed by atoms with Gasteiger partial charge in [-0.3, -0.25) is 9.69 Å². The lowest BCUT2D eigenvalue weighted by atomic mass is 10.1. The molecule has 6 nitrogen and oxygen atoms in total. The number of piperazine rings is 1. The molecule has 0 spiro atoms. The van der Waals surface area contributed by atoms with Gasteiger partial charge in [0.15, 0.2) is 0 Å². The van der Waals surface area contributed by atoms with Gasteiger partial charge in [-0.15, -0.1) is 0 Å². The number of benzene rings is 2. The number of hydrogen-bond acceptors (Lipinski definition) is 5. The van der Waals surface area contributed by atoms with Crippen LogP contribution in [0.25, 0.3) is 11.4 Å². The van der Waals surface area contributed by atoms with E-state index in [1.165, 1.54) is 17.7 Å². The van der Waals surface area contributed by atoms with Crippen molar-refractivity contribution in [3.05, 3.63) is 69.8 Å². The number of aryl methyl sites for hydroxylation is 2. The molecule has 0 bridgehead atoms. The molecular formula is C23H24BrFN4O2. The molecule has 1 aromatic heterocycles. The molecular weight excluding hydrogens is 463 g/mol. The molecule has 1 amide bonds. The summed E-state index contributed by atoms with van der Waals surface area (Å²) in [5, 5.41) is 4.07. The molecule has 1 aliphatic heterocycles. The van der Waals surface area contributed by atoms with Crippen molar-refractivity contribution >= 4 is 21.8 Å². The van der Waals surface area contributed by atoms with E-state index in [0.717, 1.165) is 31.6 Å². The zero-order chi connectivity index (χ0) is 21.8. The van der Waals surface area contributed by atoms with E-state index < -0.39 is 5.82 Å². The van der Waals surface area contributed by atoms with E-state index in [9.17, 15) is 9.18 Å². The zero-order valence-corrected chi connectivity index (χ0v) is 18.9. The molecule has 3 aromatic rings. The number of halogens is 2. The molecule has 8 heteroatoms. The molecule has 2 aromatic carbocycles. The molecule has 4 rings (SSSR count). The largest absolute Gasteiger partial charge is 0.339 e. The van der Waals surface area contributed by atoms with Crippen LogP contribution in [0.1, 0.15) is 28.2 Å². The van der Waals surface area contributed by atoms with Crippen LogP contribution in [0.15, 0.2) is 51.5 Å². The van der Waals surface area contributed by atoms with Crippen molar-refractivity contribution in [3.63, 3.8) is 0 Å². The second-order valence-corrected chi connectivity index (χ2v) is 8.65. The van der Waals surface area contributed by atoms with Gasteiger partial charge in [-0.05, 0) is 38.1 Å². The Balaban J connectivity index is 1.23. The van der Waals surface area contributed by atoms with Crippen LogP contribution in [0.2, 0.25) is 0 Å². The maximum Gasteiger partial charge on any atom is 0.256 e. The monoisotopic (exact) mass is 486 g/mol. The third-order valence-corrected chi connectivity index (χ3v) is 5.96. The smallest absolute Gasteiger partial charge is 0.256 e. The number of carbonyl (C=O) groups excluding carboxylic acids is 1. The Kier molecular flexibility index (Phi) is 6.77. The summed E-state index contributed by atoms with van der Waals surface area (Å²) in [6, 6.07) is 12.6. The lowest BCUT2D eigenvalue weighted by Gasteiger charge is -2.34. The Morgan fingerprint density at radius 2 is 1.87 bits per heavy atom. The molecule has 0 radical (unpaired) electrons. The van der Waals surface area contributed by atoms with Gasteiger partial charge in [0.1, 0.15) is 5.82 Å². The van der Waals surface area contributed by atoms with Crippen molar-refractivity contribution in [1.82, 2.24) is 19.9 Å². The second kappa shape index (κ2) is 9.70. The summed E-state index contributed by atoms with van der Waals surface area (Å²) in [4.78, 5) is 21.1. The van der Waals surface area contributed by atoms with Gasteiger partial charge in [0.25, 0.3) is 5.91 Å². The number of nitrogens with zero attached hydrogens (tertiary/aromatic N) is 4. The summed E-state index contributed by atoms with van der Waals surface area (Å²) < 4.78 is 20.1. The predicted octanol–water partition coefficient (Wildman–Crippen LogP) is 4.34. The van der Waals surface area contributed by atoms with Crippen LogP contribution in [0.4, 0.5) is 4.39 Å². The van der Waals surface area contributed by atoms with Gasteiger partial charge in [-0.1, -0.05) is 50.9 Å². The van der Waals surface area contributed by atoms with Gasteiger partial charge in [-0.25, -0.2) is 4.39 Å². The lowest BCUT2D eigenvalue weighted by molar-refractivity contribution is 0.0631. The topological polar surface area (TPSA) is 62.5 Å². The average Bonchev–Trinajstić information content (AvgIpc) is 3.23. The number of carbonyl (C=O) groups is 1. The molecule has 0 atom stereocenters. The number of rotatable bonds is 6. The Morgan fingerprint density at radius 1 is 1.13 bits per heavy atom. The van der Waals surface area contributed by atoms with Crippen molar-refractivity contribution < 1.29 is 13.7 Å². The lowest BCUT2D eigenvalue weighted by Crippen LogP contribution is -2.49. The van der Waals surface area contributed by atoms with E-state index in [0.29, 0.717) is 35.7 Å². The first-order chi connectivity index (χ1) is 15.0. The maximum absolute atomic E-state index is 14.1. The molecule has 2 heterocycles. The van der Waals surface area contributed by atoms with E-state index in [-0.39, 0.29) is 11.5 Å². The fourth-order valence-electron chi connectivity index (χ4n) is 3.64. The standard InChI is InChI=1S/C23H24BrFN4O2/c1-16-4-6-17(7-5-16)22-26-21(31-27-22)3-2-10-28-11-13-29(14-12-28)23(30)19-9-8-18(24)15-20(19)25/h4-9,15H,2-3,10-14H2,1H3. The molecule has 0 N–H and O–H groups in total. The van der Waals surface area contributed by atoms with E-state index in [1.54, 1.807) is 11.0 Å². The van der Waals surface area contributed by atoms with E-state index in [4.69, 9.17) is 4.52 Å². The van der Waals surface area contributed by atoms with Gasteiger partial charge in [0, 0.05) is 42.6 Å². The van der Waals surface area contributed by atoms with Crippen molar-refractivity contribution in [1.29, 1.82) is 0 Å². The van der Waals surface area contributed by atoms with Gasteiger partial charge in [0.2, 0.25) is 11.7 Å². The number of hydrogen-bond donors (Lipinski definition) is 0. The van der Waals surface area contributed by atoms with Crippen LogP contribution in [0.3, 0.4) is 0 Å². The predicted molar refractivity (Wildman–Crippen MR) is 119 cm³/mol. The van der Waals surface area contributed by atoms with Gasteiger partial charge in [-0.2, -0.15) is 4.98 Å². The van der Waals surface area contributed by atoms with E-state index >= 15 is 0 Å². The highest BCUT2D eigenvalue weighted by molar-refractivity contribution is 9.10. The minimum absolute atomic E-state index is 0.123. The van der Waals surface area contributed by atoms with Gasteiger partial charge >= 0.3 is 0 Å². The molecule has 0 aliphatic carbocycles. The normalized spacial score (nSPS) is 14.7. The SMILES string of the molecule is Cc1ccc(-c2noc(CCCN3CCN(C(=O)c4ccc(Br)cc4F)CC3)n2)cc1. The summed E-state index contributed by atoms with van der Waals surface area (Å²) in [7, 11) is 0. The minimum Gasteiger partial charge on any atom is -0.339 e. The van der Waals surface area contributed by atoms with Gasteiger partial charge < -0.3 is 9.42 Å². The van der Waals surface area contributed by atoms with Crippen LogP contribution < -0.4 is 0 Å². The van der Waals surface area contributed by atoms with Crippen molar-refractivity contribution in [3.8, 4) is 11.4 Å². The zero-order valence-electron chi connectivity index (χ0n) is 17.4. The Bertz CT molecular complexity index is 1050. The van der Waals surface area contributed by atoms with Crippen molar-refractivity contribution in [2.24, 2.45) is 0 Å². The first-order valence-electron chi connectivity index (χ1n) is 10.4. The highest BCUT2D eigenvalue weighted by Gasteiger charge is 2.24. The quantitative estimate of drug-likeness (QED) is 0.518. The van der Waals surface area contributed by atoms with E-state index in [2.05, 4.69) is 31.0 Å². The van der Waals surface area contributed by atoms with Crippen LogP contribution in [0.5, 0.6) is 0 Å². The summed E-state index contributed by atoms with van der Waals surface area (Å²) >= 11 is 3.22. The van der Waals surface area contributed by atoms with Crippen molar-refractivity contribution in [2.75, 3.05) is 32.7 Å². The third kappa shape index (κ3) is 5.37. The van der Waals surface area contributed by atoms with E-state index in [1.807, 2.05) is 31.2 Å². The third-order valence-electron chi connectivity index (χ3n) is 5.46. The summed E-state index contributed by atoms with van der Waals surface area (Å²) in [6.07, 6.45) is 1.60. The molecule has 1 saturated heterocycles. The van der Waals surface area contributed by atoms with Crippen LogP contribution in [-0.4, -0.2) is 58.6 Å². The number of aromatic nitrogens is 2. The van der Waals surface area contributed by atoms with Crippen molar-refractivity contribution in [2.45, 2.75) is 19.8 Å². The van der Waals surface area contributed by atoms with Crippen LogP contribution in [-0.2, 0) is 6.42 Å². The van der Waals surface area contributed by atoms with Crippen LogP contribution in [0, 0.1) is 12.7 Å². The Morgan fingerprint density at radius 3 is 2.58 bits per heavy atom. The minimum atomic E-state index is -0.494. The molecule has 1 fully saturated rings. The summed E-state index contributed by atoms with van der Waals surface area (Å²) in [5.41, 5.74) is 2.26. The molecule has 162 valence electrons. The summed E-state index contributed by atoms with van der Waals surface area (Å²) in [6.45, 7) is 5.64. The Labute approximate surface area is 189 Å². The fourth-order valence-corrected chi connectivity index (χ4v) is 3.97. The summed E-state index contributed by atoms with van der Waals surface area (Å²) in [5.74, 6) is 0.503. The average molecular weight is 487 g/mol. The second-order valence-electron chi connectivity index (χ2n) is 7.74. The molecule has 0 saturated carbocycles. The highest BCUT2D eigenvalue weighted by Crippen LogP contribution is 2.19. The highest BCUT2D eigenvalue weighted by atomic mass is 79.9. The molecule has 0 unspecified atom stereocenters. The fraction of sp³-hybridized carbons (Fsp3) is 0.348. The number of amides is 1. The first kappa shape index (κ1) is 21.6. The Hall–Kier alpha value is -2.58. The van der Waals surface area contributed by atoms with Crippen LogP contribution >= 0.6 is 15.9 Å². The maximum atomic E-state index is 14.1. The van der Waals surface area contributed by atoms with Gasteiger partial charge in [0.05, 0.1) is 5.56 Å².